The fraction of sp³-hybridized carbons (Fsp3) is 0.125. The number of amides is 1. The summed E-state index contributed by atoms with van der Waals surface area (Å²) < 4.78 is 11.7. The smallest absolute Gasteiger partial charge is 0.291 e. The number of nitrogens with zero attached hydrogens (tertiary/aromatic N) is 1. The number of nitrogens with one attached hydrogen (secondary N) is 1. The van der Waals surface area contributed by atoms with Crippen LogP contribution < -0.4 is 10.1 Å². The molecule has 0 saturated carbocycles. The quantitative estimate of drug-likeness (QED) is 0.761. The number of halogens is 1. The number of hydrogen-bond acceptors (Lipinski definition) is 4. The molecule has 0 aliphatic rings. The van der Waals surface area contributed by atoms with E-state index in [9.17, 15) is 4.79 Å². The normalized spacial score (nSPS) is 10.7. The van der Waals surface area contributed by atoms with Gasteiger partial charge in [-0.15, -0.1) is 0 Å². The molecule has 0 atom stereocenters. The van der Waals surface area contributed by atoms with Gasteiger partial charge in [-0.2, -0.15) is 0 Å². The third kappa shape index (κ3) is 2.57. The molecule has 6 heteroatoms. The Hall–Kier alpha value is -2.34. The van der Waals surface area contributed by atoms with Crippen LogP contribution in [0.3, 0.4) is 0 Å². The Balaban J connectivity index is 1.97. The van der Waals surface area contributed by atoms with Crippen molar-refractivity contribution in [2.24, 2.45) is 0 Å². The molecule has 0 spiro atoms. The fourth-order valence-corrected chi connectivity index (χ4v) is 2.58. The number of aryl methyl sites for hydroxylation is 1. The van der Waals surface area contributed by atoms with Gasteiger partial charge in [-0.1, -0.05) is 15.9 Å². The molecular weight excluding hydrogens is 348 g/mol. The van der Waals surface area contributed by atoms with Crippen molar-refractivity contribution in [2.45, 2.75) is 6.92 Å². The topological polar surface area (TPSA) is 64.4 Å². The van der Waals surface area contributed by atoms with E-state index in [0.29, 0.717) is 17.2 Å². The highest BCUT2D eigenvalue weighted by molar-refractivity contribution is 9.10. The molecule has 0 aliphatic carbocycles. The van der Waals surface area contributed by atoms with Crippen LogP contribution in [0.1, 0.15) is 16.1 Å². The van der Waals surface area contributed by atoms with E-state index in [1.54, 1.807) is 18.3 Å². The first-order valence-corrected chi connectivity index (χ1v) is 7.38. The van der Waals surface area contributed by atoms with E-state index in [4.69, 9.17) is 9.15 Å². The predicted octanol–water partition coefficient (Wildman–Crippen LogP) is 4.16. The summed E-state index contributed by atoms with van der Waals surface area (Å²) >= 11 is 3.39. The van der Waals surface area contributed by atoms with Gasteiger partial charge in [-0.3, -0.25) is 4.79 Å². The third-order valence-corrected chi connectivity index (χ3v) is 3.81. The van der Waals surface area contributed by atoms with Gasteiger partial charge in [0.2, 0.25) is 5.88 Å². The number of anilines is 1. The average Bonchev–Trinajstić information content (AvgIpc) is 2.84. The number of rotatable bonds is 3. The lowest BCUT2D eigenvalue weighted by atomic mass is 10.1. The molecule has 0 saturated heterocycles. The molecule has 2 heterocycles. The summed E-state index contributed by atoms with van der Waals surface area (Å²) in [6.07, 6.45) is 1.60. The highest BCUT2D eigenvalue weighted by Crippen LogP contribution is 2.29. The minimum absolute atomic E-state index is 0.277. The fourth-order valence-electron chi connectivity index (χ4n) is 2.24. The lowest BCUT2D eigenvalue weighted by Crippen LogP contribution is -2.13. The van der Waals surface area contributed by atoms with Crippen LogP contribution in [0.15, 0.2) is 45.4 Å². The van der Waals surface area contributed by atoms with Crippen molar-refractivity contribution in [3.8, 4) is 5.88 Å². The highest BCUT2D eigenvalue weighted by atomic mass is 79.9. The van der Waals surface area contributed by atoms with E-state index in [0.717, 1.165) is 15.4 Å². The first-order valence-electron chi connectivity index (χ1n) is 6.59. The second-order valence-electron chi connectivity index (χ2n) is 4.71. The molecular formula is C16H13BrN2O3. The van der Waals surface area contributed by atoms with Gasteiger partial charge in [0.25, 0.3) is 5.91 Å². The van der Waals surface area contributed by atoms with Crippen molar-refractivity contribution < 1.29 is 13.9 Å². The number of carbonyl (C=O) groups excluding carboxylic acids is 1. The summed E-state index contributed by atoms with van der Waals surface area (Å²) in [4.78, 5) is 16.5. The number of pyridine rings is 1. The maximum Gasteiger partial charge on any atom is 0.291 e. The lowest BCUT2D eigenvalue weighted by Gasteiger charge is -2.07. The molecule has 0 radical (unpaired) electrons. The number of carbonyl (C=O) groups is 1. The number of hydrogen-bond donors (Lipinski definition) is 1. The molecule has 1 aromatic carbocycles. The van der Waals surface area contributed by atoms with Crippen LogP contribution >= 0.6 is 15.9 Å². The van der Waals surface area contributed by atoms with Crippen molar-refractivity contribution in [3.05, 3.63) is 52.3 Å². The largest absolute Gasteiger partial charge is 0.480 e. The summed E-state index contributed by atoms with van der Waals surface area (Å²) in [5.41, 5.74) is 1.95. The van der Waals surface area contributed by atoms with Crippen LogP contribution in [0.25, 0.3) is 11.0 Å². The van der Waals surface area contributed by atoms with Crippen LogP contribution in [0.5, 0.6) is 5.88 Å². The van der Waals surface area contributed by atoms with Crippen molar-refractivity contribution >= 4 is 38.5 Å². The molecule has 1 N–H and O–H groups in total. The molecule has 3 aromatic rings. The predicted molar refractivity (Wildman–Crippen MR) is 87.4 cm³/mol. The lowest BCUT2D eigenvalue weighted by molar-refractivity contribution is 0.0997. The Morgan fingerprint density at radius 2 is 2.18 bits per heavy atom. The van der Waals surface area contributed by atoms with E-state index in [1.807, 2.05) is 25.1 Å². The second-order valence-corrected chi connectivity index (χ2v) is 5.63. The summed E-state index contributed by atoms with van der Waals surface area (Å²) in [6, 6.07) is 9.11. The monoisotopic (exact) mass is 360 g/mol. The average molecular weight is 361 g/mol. The Morgan fingerprint density at radius 3 is 2.95 bits per heavy atom. The maximum absolute atomic E-state index is 12.5. The van der Waals surface area contributed by atoms with Crippen LogP contribution in [0.2, 0.25) is 0 Å². The Labute approximate surface area is 135 Å². The first-order chi connectivity index (χ1) is 10.6. The molecule has 0 fully saturated rings. The van der Waals surface area contributed by atoms with Gasteiger partial charge in [0.05, 0.1) is 7.11 Å². The highest BCUT2D eigenvalue weighted by Gasteiger charge is 2.19. The van der Waals surface area contributed by atoms with Gasteiger partial charge in [0.15, 0.2) is 5.76 Å². The summed E-state index contributed by atoms with van der Waals surface area (Å²) in [5.74, 6) is 0.294. The van der Waals surface area contributed by atoms with Crippen LogP contribution in [0.4, 0.5) is 5.69 Å². The zero-order valence-electron chi connectivity index (χ0n) is 12.0. The number of methoxy groups -OCH3 is 1. The molecule has 0 unspecified atom stereocenters. The minimum Gasteiger partial charge on any atom is -0.480 e. The molecule has 0 aliphatic heterocycles. The minimum atomic E-state index is -0.337. The van der Waals surface area contributed by atoms with Gasteiger partial charge < -0.3 is 14.5 Å². The van der Waals surface area contributed by atoms with Crippen molar-refractivity contribution in [2.75, 3.05) is 12.4 Å². The molecule has 0 bridgehead atoms. The van der Waals surface area contributed by atoms with Crippen molar-refractivity contribution in [1.82, 2.24) is 4.98 Å². The van der Waals surface area contributed by atoms with E-state index in [-0.39, 0.29) is 11.7 Å². The summed E-state index contributed by atoms with van der Waals surface area (Å²) in [7, 11) is 1.50. The number of ether oxygens (including phenoxy) is 1. The van der Waals surface area contributed by atoms with Crippen molar-refractivity contribution in [1.29, 1.82) is 0 Å². The first kappa shape index (κ1) is 14.6. The van der Waals surface area contributed by atoms with Gasteiger partial charge in [-0.25, -0.2) is 4.98 Å². The maximum atomic E-state index is 12.5. The second kappa shape index (κ2) is 5.81. The molecule has 112 valence electrons. The number of benzene rings is 1. The molecule has 3 rings (SSSR count). The zero-order valence-corrected chi connectivity index (χ0v) is 13.6. The summed E-state index contributed by atoms with van der Waals surface area (Å²) in [6.45, 7) is 1.86. The van der Waals surface area contributed by atoms with Crippen molar-refractivity contribution in [3.63, 3.8) is 0 Å². The zero-order chi connectivity index (χ0) is 15.7. The number of fused-ring (bicyclic) bond motifs is 1. The molecule has 1 amide bonds. The van der Waals surface area contributed by atoms with Crippen LogP contribution in [0, 0.1) is 6.92 Å². The molecule has 5 nitrogen and oxygen atoms in total. The van der Waals surface area contributed by atoms with Gasteiger partial charge >= 0.3 is 0 Å². The number of furan rings is 1. The van der Waals surface area contributed by atoms with E-state index < -0.39 is 0 Å². The molecule has 2 aromatic heterocycles. The van der Waals surface area contributed by atoms with E-state index in [1.165, 1.54) is 7.11 Å². The number of aromatic nitrogens is 1. The van der Waals surface area contributed by atoms with E-state index >= 15 is 0 Å². The summed E-state index contributed by atoms with van der Waals surface area (Å²) in [5, 5.41) is 3.67. The SMILES string of the molecule is COc1ncccc1NC(=O)c1oc2cc(Br)ccc2c1C. The third-order valence-electron chi connectivity index (χ3n) is 3.32. The van der Waals surface area contributed by atoms with Gasteiger partial charge in [-0.05, 0) is 37.3 Å². The van der Waals surface area contributed by atoms with Crippen LogP contribution in [-0.2, 0) is 0 Å². The van der Waals surface area contributed by atoms with Gasteiger partial charge in [0.1, 0.15) is 11.3 Å². The standard InChI is InChI=1S/C16H13BrN2O3/c1-9-11-6-5-10(17)8-13(11)22-14(9)15(20)19-12-4-3-7-18-16(12)21-2/h3-8H,1-2H3,(H,19,20). The van der Waals surface area contributed by atoms with Crippen LogP contribution in [-0.4, -0.2) is 18.0 Å². The molecule has 22 heavy (non-hydrogen) atoms. The van der Waals surface area contributed by atoms with E-state index in [2.05, 4.69) is 26.2 Å². The Kier molecular flexibility index (Phi) is 3.85. The Bertz CT molecular complexity index is 858. The van der Waals surface area contributed by atoms with Gasteiger partial charge in [0, 0.05) is 21.6 Å². The Morgan fingerprint density at radius 1 is 1.36 bits per heavy atom.